The van der Waals surface area contributed by atoms with Crippen LogP contribution in [0.1, 0.15) is 0 Å². The first-order chi connectivity index (χ1) is 9.06. The van der Waals surface area contributed by atoms with E-state index in [4.69, 9.17) is 5.73 Å². The molecule has 0 spiro atoms. The quantitative estimate of drug-likeness (QED) is 0.695. The van der Waals surface area contributed by atoms with Crippen LogP contribution in [0, 0.1) is 5.82 Å². The minimum absolute atomic E-state index is 0.299. The van der Waals surface area contributed by atoms with Gasteiger partial charge in [0.05, 0.1) is 5.69 Å². The van der Waals surface area contributed by atoms with Crippen LogP contribution < -0.4 is 5.73 Å². The Morgan fingerprint density at radius 1 is 1.21 bits per heavy atom. The van der Waals surface area contributed by atoms with E-state index in [1.807, 2.05) is 6.07 Å². The summed E-state index contributed by atoms with van der Waals surface area (Å²) in [7, 11) is 0. The molecular formula is C12H7Br2FN4. The molecule has 2 N–H and O–H groups in total. The molecule has 0 radical (unpaired) electrons. The van der Waals surface area contributed by atoms with Gasteiger partial charge in [0.15, 0.2) is 5.65 Å². The Morgan fingerprint density at radius 2 is 2.00 bits per heavy atom. The van der Waals surface area contributed by atoms with Gasteiger partial charge in [0.1, 0.15) is 11.3 Å². The first kappa shape index (κ1) is 12.6. The molecule has 0 aliphatic carbocycles. The number of hydrogen-bond acceptors (Lipinski definition) is 3. The number of benzene rings is 1. The summed E-state index contributed by atoms with van der Waals surface area (Å²) >= 11 is 6.66. The number of halogens is 3. The van der Waals surface area contributed by atoms with Gasteiger partial charge < -0.3 is 5.73 Å². The highest BCUT2D eigenvalue weighted by atomic mass is 79.9. The molecule has 0 saturated heterocycles. The van der Waals surface area contributed by atoms with E-state index in [0.29, 0.717) is 27.3 Å². The van der Waals surface area contributed by atoms with Crippen molar-refractivity contribution in [2.75, 3.05) is 5.73 Å². The molecule has 1 aromatic carbocycles. The number of imidazole rings is 1. The number of anilines is 1. The second-order valence-corrected chi connectivity index (χ2v) is 5.67. The zero-order valence-electron chi connectivity index (χ0n) is 9.44. The Bertz CT molecular complexity index is 785. The summed E-state index contributed by atoms with van der Waals surface area (Å²) in [5, 5.41) is 0. The van der Waals surface area contributed by atoms with E-state index < -0.39 is 0 Å². The van der Waals surface area contributed by atoms with Crippen LogP contribution in [0.25, 0.3) is 16.9 Å². The molecule has 3 rings (SSSR count). The molecule has 4 nitrogen and oxygen atoms in total. The van der Waals surface area contributed by atoms with Gasteiger partial charge in [-0.15, -0.1) is 0 Å². The maximum absolute atomic E-state index is 13.1. The van der Waals surface area contributed by atoms with Gasteiger partial charge in [-0.3, -0.25) is 4.57 Å². The number of pyridine rings is 1. The highest BCUT2D eigenvalue weighted by Crippen LogP contribution is 2.28. The molecule has 0 unspecified atom stereocenters. The molecule has 96 valence electrons. The lowest BCUT2D eigenvalue weighted by atomic mass is 10.3. The maximum Gasteiger partial charge on any atom is 0.207 e. The molecule has 2 heterocycles. The number of nitrogens with two attached hydrogens (primary N) is 1. The third kappa shape index (κ3) is 2.12. The summed E-state index contributed by atoms with van der Waals surface area (Å²) in [4.78, 5) is 8.55. The van der Waals surface area contributed by atoms with Crippen molar-refractivity contribution in [3.8, 4) is 5.69 Å². The van der Waals surface area contributed by atoms with Crippen LogP contribution in [0.4, 0.5) is 10.3 Å². The van der Waals surface area contributed by atoms with E-state index in [1.165, 1.54) is 12.1 Å². The van der Waals surface area contributed by atoms with Crippen molar-refractivity contribution >= 4 is 49.0 Å². The topological polar surface area (TPSA) is 56.7 Å². The first-order valence-electron chi connectivity index (χ1n) is 5.31. The number of hydrogen-bond donors (Lipinski definition) is 1. The molecule has 3 aromatic rings. The largest absolute Gasteiger partial charge is 0.369 e. The minimum atomic E-state index is -0.325. The third-order valence-electron chi connectivity index (χ3n) is 2.64. The van der Waals surface area contributed by atoms with Crippen molar-refractivity contribution in [3.05, 3.63) is 45.2 Å². The Hall–Kier alpha value is -1.47. The predicted octanol–water partition coefficient (Wildman–Crippen LogP) is 3.67. The highest BCUT2D eigenvalue weighted by Gasteiger charge is 2.14. The van der Waals surface area contributed by atoms with E-state index in [0.717, 1.165) is 4.47 Å². The number of aromatic nitrogens is 3. The monoisotopic (exact) mass is 384 g/mol. The summed E-state index contributed by atoms with van der Waals surface area (Å²) in [6.45, 7) is 0. The second-order valence-electron chi connectivity index (χ2n) is 3.90. The van der Waals surface area contributed by atoms with E-state index in [1.54, 1.807) is 16.8 Å². The first-order valence-corrected chi connectivity index (χ1v) is 6.90. The number of rotatable bonds is 1. The van der Waals surface area contributed by atoms with Crippen molar-refractivity contribution < 1.29 is 4.39 Å². The average Bonchev–Trinajstić information content (AvgIpc) is 2.65. The lowest BCUT2D eigenvalue weighted by Gasteiger charge is -2.08. The Kier molecular flexibility index (Phi) is 3.02. The van der Waals surface area contributed by atoms with Gasteiger partial charge in [0.25, 0.3) is 0 Å². The maximum atomic E-state index is 13.1. The molecule has 7 heteroatoms. The van der Waals surface area contributed by atoms with Crippen LogP contribution in [0.3, 0.4) is 0 Å². The fourth-order valence-electron chi connectivity index (χ4n) is 1.86. The van der Waals surface area contributed by atoms with Crippen LogP contribution in [0.2, 0.25) is 0 Å². The zero-order valence-corrected chi connectivity index (χ0v) is 12.6. The SMILES string of the molecule is Nc1nc2cc(Br)cnc2n1-c1ccc(F)cc1Br. The highest BCUT2D eigenvalue weighted by molar-refractivity contribution is 9.10. The Morgan fingerprint density at radius 3 is 2.74 bits per heavy atom. The van der Waals surface area contributed by atoms with Crippen LogP contribution >= 0.6 is 31.9 Å². The molecular weight excluding hydrogens is 379 g/mol. The summed E-state index contributed by atoms with van der Waals surface area (Å²) < 4.78 is 16.2. The second kappa shape index (κ2) is 4.57. The molecule has 19 heavy (non-hydrogen) atoms. The number of nitrogens with zero attached hydrogens (tertiary/aromatic N) is 3. The van der Waals surface area contributed by atoms with Crippen molar-refractivity contribution in [3.63, 3.8) is 0 Å². The van der Waals surface area contributed by atoms with Crippen molar-refractivity contribution in [2.45, 2.75) is 0 Å². The van der Waals surface area contributed by atoms with Gasteiger partial charge in [-0.05, 0) is 56.1 Å². The third-order valence-corrected chi connectivity index (χ3v) is 3.71. The molecule has 0 bridgehead atoms. The number of nitrogen functional groups attached to an aromatic ring is 1. The van der Waals surface area contributed by atoms with Crippen molar-refractivity contribution in [2.24, 2.45) is 0 Å². The predicted molar refractivity (Wildman–Crippen MR) is 78.6 cm³/mol. The summed E-state index contributed by atoms with van der Waals surface area (Å²) in [5.74, 6) is -0.0257. The lowest BCUT2D eigenvalue weighted by Crippen LogP contribution is -2.02. The summed E-state index contributed by atoms with van der Waals surface area (Å²) in [6, 6.07) is 6.19. The standard InChI is InChI=1S/C12H7Br2FN4/c13-6-3-9-11(17-5-6)19(12(16)18-9)10-2-1-7(15)4-8(10)14/h1-5H,(H2,16,18). The molecule has 0 atom stereocenters. The van der Waals surface area contributed by atoms with E-state index in [-0.39, 0.29) is 5.82 Å². The van der Waals surface area contributed by atoms with E-state index in [2.05, 4.69) is 41.8 Å². The zero-order chi connectivity index (χ0) is 13.6. The molecule has 0 fully saturated rings. The Balaban J connectivity index is 2.33. The van der Waals surface area contributed by atoms with Gasteiger partial charge in [0, 0.05) is 15.1 Å². The van der Waals surface area contributed by atoms with Gasteiger partial charge in [-0.1, -0.05) is 0 Å². The summed E-state index contributed by atoms with van der Waals surface area (Å²) in [6.07, 6.45) is 1.66. The van der Waals surface area contributed by atoms with Crippen molar-refractivity contribution in [1.29, 1.82) is 0 Å². The van der Waals surface area contributed by atoms with Crippen molar-refractivity contribution in [1.82, 2.24) is 14.5 Å². The summed E-state index contributed by atoms with van der Waals surface area (Å²) in [5.41, 5.74) is 7.90. The fourth-order valence-corrected chi connectivity index (χ4v) is 2.71. The smallest absolute Gasteiger partial charge is 0.207 e. The molecule has 2 aromatic heterocycles. The van der Waals surface area contributed by atoms with Gasteiger partial charge >= 0.3 is 0 Å². The Labute approximate surface area is 124 Å². The fraction of sp³-hybridized carbons (Fsp3) is 0. The van der Waals surface area contributed by atoms with E-state index in [9.17, 15) is 4.39 Å². The van der Waals surface area contributed by atoms with E-state index >= 15 is 0 Å². The molecule has 0 aliphatic heterocycles. The number of fused-ring (bicyclic) bond motifs is 1. The minimum Gasteiger partial charge on any atom is -0.369 e. The van der Waals surface area contributed by atoms with Crippen LogP contribution in [0.5, 0.6) is 0 Å². The normalized spacial score (nSPS) is 11.1. The van der Waals surface area contributed by atoms with Crippen LogP contribution in [-0.4, -0.2) is 14.5 Å². The van der Waals surface area contributed by atoms with Crippen LogP contribution in [-0.2, 0) is 0 Å². The molecule has 0 aliphatic rings. The lowest BCUT2D eigenvalue weighted by molar-refractivity contribution is 0.626. The van der Waals surface area contributed by atoms with Gasteiger partial charge in [-0.2, -0.15) is 0 Å². The van der Waals surface area contributed by atoms with Gasteiger partial charge in [0.2, 0.25) is 5.95 Å². The molecule has 0 amide bonds. The molecule has 0 saturated carbocycles. The average molecular weight is 386 g/mol. The van der Waals surface area contributed by atoms with Crippen LogP contribution in [0.15, 0.2) is 39.4 Å². The van der Waals surface area contributed by atoms with Gasteiger partial charge in [-0.25, -0.2) is 14.4 Å².